The molecular weight excluding hydrogens is 775 g/mol. The summed E-state index contributed by atoms with van der Waals surface area (Å²) in [5.74, 6) is -1.65. The van der Waals surface area contributed by atoms with Gasteiger partial charge >= 0.3 is 6.09 Å². The van der Waals surface area contributed by atoms with Crippen LogP contribution in [0.3, 0.4) is 0 Å². The molecular formula is C40H53N5O12S. The average molecular weight is 828 g/mol. The van der Waals surface area contributed by atoms with Crippen molar-refractivity contribution < 1.29 is 56.4 Å². The minimum atomic E-state index is -3.94. The van der Waals surface area contributed by atoms with Crippen LogP contribution in [-0.4, -0.2) is 134 Å². The second-order valence-corrected chi connectivity index (χ2v) is 18.2. The van der Waals surface area contributed by atoms with Crippen LogP contribution in [0, 0.1) is 17.8 Å². The summed E-state index contributed by atoms with van der Waals surface area (Å²) in [7, 11) is -0.822. The Hall–Kier alpha value is -4.68. The fraction of sp³-hybridized carbons (Fsp3) is 0.625. The molecule has 17 nitrogen and oxygen atoms in total. The third-order valence-corrected chi connectivity index (χ3v) is 13.8. The van der Waals surface area contributed by atoms with Gasteiger partial charge in [0.15, 0.2) is 0 Å². The number of nitrogens with zero attached hydrogens (tertiary/aromatic N) is 3. The van der Waals surface area contributed by atoms with Crippen molar-refractivity contribution in [2.45, 2.75) is 93.8 Å². The molecule has 0 unspecified atom stereocenters. The van der Waals surface area contributed by atoms with Crippen LogP contribution in [0.1, 0.15) is 58.8 Å². The van der Waals surface area contributed by atoms with Gasteiger partial charge in [-0.1, -0.05) is 26.0 Å². The molecule has 7 rings (SSSR count). The summed E-state index contributed by atoms with van der Waals surface area (Å²) in [5, 5.41) is 14.0. The molecule has 0 spiro atoms. The van der Waals surface area contributed by atoms with E-state index in [0.717, 1.165) is 6.42 Å². The first-order valence-corrected chi connectivity index (χ1v) is 21.5. The third-order valence-electron chi connectivity index (χ3n) is 12.0. The predicted octanol–water partition coefficient (Wildman–Crippen LogP) is 2.86. The largest absolute Gasteiger partial charge is 0.497 e. The highest BCUT2D eigenvalue weighted by atomic mass is 32.2. The van der Waals surface area contributed by atoms with Gasteiger partial charge in [-0.3, -0.25) is 24.0 Å². The van der Waals surface area contributed by atoms with Gasteiger partial charge in [0, 0.05) is 30.2 Å². The zero-order chi connectivity index (χ0) is 41.4. The predicted molar refractivity (Wildman–Crippen MR) is 209 cm³/mol. The Balaban J connectivity index is 1.25. The number of ether oxygens (including phenoxy) is 5. The summed E-state index contributed by atoms with van der Waals surface area (Å²) < 4.78 is 56.5. The molecule has 2 aliphatic carbocycles. The normalized spacial score (nSPS) is 29.8. The van der Waals surface area contributed by atoms with E-state index in [2.05, 4.69) is 15.0 Å². The van der Waals surface area contributed by atoms with Crippen LogP contribution in [0.25, 0.3) is 10.8 Å². The van der Waals surface area contributed by atoms with Crippen LogP contribution in [-0.2, 0) is 33.9 Å². The fourth-order valence-electron chi connectivity index (χ4n) is 8.46. The number of rotatable bonds is 12. The summed E-state index contributed by atoms with van der Waals surface area (Å²) in [6, 6.07) is 2.38. The molecule has 1 aromatic heterocycles. The number of carbonyl (C=O) groups excluding carboxylic acids is 3. The molecule has 3 aliphatic heterocycles. The number of pyridine rings is 1. The molecule has 0 radical (unpaired) electrons. The lowest BCUT2D eigenvalue weighted by atomic mass is 9.86. The zero-order valence-electron chi connectivity index (χ0n) is 33.3. The molecule has 7 atom stereocenters. The Labute approximate surface area is 337 Å². The van der Waals surface area contributed by atoms with E-state index in [1.165, 1.54) is 16.0 Å². The minimum absolute atomic E-state index is 0.0291. The van der Waals surface area contributed by atoms with Gasteiger partial charge in [0.05, 0.1) is 51.0 Å². The average Bonchev–Trinajstić information content (AvgIpc) is 4.09. The van der Waals surface area contributed by atoms with E-state index in [4.69, 9.17) is 23.7 Å². The van der Waals surface area contributed by atoms with Crippen molar-refractivity contribution in [2.24, 2.45) is 17.8 Å². The van der Waals surface area contributed by atoms with Crippen molar-refractivity contribution in [1.29, 1.82) is 0 Å². The Morgan fingerprint density at radius 2 is 1.88 bits per heavy atom. The summed E-state index contributed by atoms with van der Waals surface area (Å²) >= 11 is 0. The highest BCUT2D eigenvalue weighted by Crippen LogP contribution is 2.46. The number of nitrogens with one attached hydrogen (secondary N) is 2. The van der Waals surface area contributed by atoms with Gasteiger partial charge in [-0.2, -0.15) is 0 Å². The smallest absolute Gasteiger partial charge is 0.408 e. The molecule has 4 heterocycles. The van der Waals surface area contributed by atoms with Crippen molar-refractivity contribution in [3.8, 4) is 17.4 Å². The molecule has 0 bridgehead atoms. The lowest BCUT2D eigenvalue weighted by Crippen LogP contribution is -2.63. The lowest BCUT2D eigenvalue weighted by Gasteiger charge is -2.43. The van der Waals surface area contributed by atoms with Crippen molar-refractivity contribution in [2.75, 3.05) is 47.2 Å². The van der Waals surface area contributed by atoms with Crippen LogP contribution in [0.4, 0.5) is 4.79 Å². The number of benzene rings is 1. The van der Waals surface area contributed by atoms with Gasteiger partial charge in [0.2, 0.25) is 27.7 Å². The fourth-order valence-corrected chi connectivity index (χ4v) is 9.82. The van der Waals surface area contributed by atoms with E-state index in [-0.39, 0.29) is 51.0 Å². The Kier molecular flexibility index (Phi) is 12.1. The zero-order valence-corrected chi connectivity index (χ0v) is 34.1. The number of hydrogen-bond donors (Lipinski definition) is 3. The number of allylic oxidation sites excluding steroid dienone is 1. The first kappa shape index (κ1) is 41.5. The highest BCUT2D eigenvalue weighted by molar-refractivity contribution is 7.91. The second-order valence-electron chi connectivity index (χ2n) is 16.3. The SMILES string of the molecule is COCCOc1cnc(O[C@@H]2C[C@H]3C(=O)N[C@]4(C(=O)NS(=O)(=O)C5CC5)C[C@H]4/C=C\CC[C@H](C)C[C@@H](C)[C@H](N(C(=O)O)C4COC4)C(=O)N3C2)c2ccc(OC)cc12. The van der Waals surface area contributed by atoms with Gasteiger partial charge in [-0.05, 0) is 68.6 Å². The van der Waals surface area contributed by atoms with E-state index in [1.807, 2.05) is 26.0 Å². The summed E-state index contributed by atoms with van der Waals surface area (Å²) in [6.07, 6.45) is 6.16. The number of hydrogen-bond acceptors (Lipinski definition) is 12. The molecule has 18 heteroatoms. The second kappa shape index (κ2) is 16.9. The molecule has 5 aliphatic rings. The Morgan fingerprint density at radius 1 is 1.10 bits per heavy atom. The molecule has 316 valence electrons. The van der Waals surface area contributed by atoms with Crippen molar-refractivity contribution in [1.82, 2.24) is 24.8 Å². The third kappa shape index (κ3) is 8.54. The first-order chi connectivity index (χ1) is 27.8. The van der Waals surface area contributed by atoms with Gasteiger partial charge in [0.25, 0.3) is 5.91 Å². The van der Waals surface area contributed by atoms with Crippen LogP contribution in [0.2, 0.25) is 0 Å². The quantitative estimate of drug-likeness (QED) is 0.208. The van der Waals surface area contributed by atoms with Crippen LogP contribution in [0.15, 0.2) is 36.5 Å². The van der Waals surface area contributed by atoms with Gasteiger partial charge in [0.1, 0.15) is 41.8 Å². The van der Waals surface area contributed by atoms with Gasteiger partial charge < -0.3 is 39.0 Å². The van der Waals surface area contributed by atoms with Gasteiger partial charge in [-0.15, -0.1) is 0 Å². The van der Waals surface area contributed by atoms with Gasteiger partial charge in [-0.25, -0.2) is 18.2 Å². The topological polar surface area (TPSA) is 212 Å². The number of sulfonamides is 1. The minimum Gasteiger partial charge on any atom is -0.497 e. The standard InChI is InChI=1S/C40H53N5O12S/c1-23-7-5-6-8-25-18-40(25,38(48)43-58(51,52)29-10-11-29)42-35(46)32-17-28(20-44(32)37(47)34(24(2)15-23)45(39(49)50)26-21-55-22-26)57-36-30-12-9-27(54-4)16-31(30)33(19-41-36)56-14-13-53-3/h6,8-9,12,16,19,23-26,28-29,32,34H,5,7,10-11,13-15,17-18,20-22H2,1-4H3,(H,42,46)(H,43,48)(H,49,50)/b8-6-/t23-,24+,25+,28+,32-,34-,40+/m0/s1. The molecule has 2 aromatic rings. The monoisotopic (exact) mass is 827 g/mol. The van der Waals surface area contributed by atoms with Crippen LogP contribution in [0.5, 0.6) is 17.4 Å². The summed E-state index contributed by atoms with van der Waals surface area (Å²) in [5.41, 5.74) is -1.56. The number of carbonyl (C=O) groups is 4. The first-order valence-electron chi connectivity index (χ1n) is 20.0. The maximum atomic E-state index is 15.1. The van der Waals surface area contributed by atoms with E-state index in [0.29, 0.717) is 54.6 Å². The van der Waals surface area contributed by atoms with E-state index < -0.39 is 80.7 Å². The number of aromatic nitrogens is 1. The Morgan fingerprint density at radius 3 is 2.55 bits per heavy atom. The molecule has 3 N–H and O–H groups in total. The van der Waals surface area contributed by atoms with Crippen LogP contribution >= 0.6 is 0 Å². The number of methoxy groups -OCH3 is 2. The number of carboxylic acid groups (broad SMARTS) is 1. The van der Waals surface area contributed by atoms with E-state index >= 15 is 4.79 Å². The van der Waals surface area contributed by atoms with E-state index in [9.17, 15) is 27.9 Å². The molecule has 2 saturated heterocycles. The maximum absolute atomic E-state index is 15.1. The summed E-state index contributed by atoms with van der Waals surface area (Å²) in [4.78, 5) is 63.6. The van der Waals surface area contributed by atoms with Crippen molar-refractivity contribution in [3.05, 3.63) is 36.5 Å². The van der Waals surface area contributed by atoms with Crippen molar-refractivity contribution >= 4 is 44.6 Å². The number of fused-ring (bicyclic) bond motifs is 3. The van der Waals surface area contributed by atoms with Crippen LogP contribution < -0.4 is 24.2 Å². The maximum Gasteiger partial charge on any atom is 0.408 e. The summed E-state index contributed by atoms with van der Waals surface area (Å²) in [6.45, 7) is 4.69. The lowest BCUT2D eigenvalue weighted by molar-refractivity contribution is -0.149. The molecule has 4 amide bonds. The molecule has 58 heavy (non-hydrogen) atoms. The van der Waals surface area contributed by atoms with E-state index in [1.54, 1.807) is 32.4 Å². The molecule has 1 aromatic carbocycles. The Bertz CT molecular complexity index is 2040. The molecule has 2 saturated carbocycles. The van der Waals surface area contributed by atoms with Crippen molar-refractivity contribution in [3.63, 3.8) is 0 Å². The highest BCUT2D eigenvalue weighted by Gasteiger charge is 2.62. The molecule has 4 fully saturated rings. The number of amides is 4.